The average Bonchev–Trinajstić information content (AvgIpc) is 2.19. The van der Waals surface area contributed by atoms with E-state index in [4.69, 9.17) is 4.74 Å². The highest BCUT2D eigenvalue weighted by Crippen LogP contribution is 2.05. The Morgan fingerprint density at radius 1 is 1.15 bits per heavy atom. The molecule has 0 aromatic rings. The highest BCUT2D eigenvalue weighted by Gasteiger charge is 2.07. The zero-order valence-corrected chi connectivity index (χ0v) is 8.72. The summed E-state index contributed by atoms with van der Waals surface area (Å²) in [6.45, 7) is 4.44. The smallest absolute Gasteiger partial charge is 0.0462 e. The van der Waals surface area contributed by atoms with E-state index < -0.39 is 0 Å². The van der Waals surface area contributed by atoms with Crippen molar-refractivity contribution in [1.82, 2.24) is 10.4 Å². The van der Waals surface area contributed by atoms with E-state index in [1.807, 2.05) is 0 Å². The highest BCUT2D eigenvalue weighted by atomic mass is 16.5. The molecule has 0 radical (unpaired) electrons. The van der Waals surface area contributed by atoms with Gasteiger partial charge in [0.05, 0.1) is 0 Å². The third kappa shape index (κ3) is 5.24. The van der Waals surface area contributed by atoms with Gasteiger partial charge in [0.15, 0.2) is 0 Å². The van der Waals surface area contributed by atoms with Crippen LogP contribution in [0.3, 0.4) is 0 Å². The van der Waals surface area contributed by atoms with Crippen LogP contribution in [0.2, 0.25) is 0 Å². The molecule has 0 aromatic heterocycles. The minimum Gasteiger partial charge on any atom is -0.385 e. The van der Waals surface area contributed by atoms with Crippen LogP contribution in [0.5, 0.6) is 0 Å². The lowest BCUT2D eigenvalue weighted by atomic mass is 10.2. The monoisotopic (exact) mass is 186 g/mol. The van der Waals surface area contributed by atoms with Crippen molar-refractivity contribution in [2.24, 2.45) is 0 Å². The van der Waals surface area contributed by atoms with Gasteiger partial charge in [0.25, 0.3) is 0 Å². The van der Waals surface area contributed by atoms with Crippen molar-refractivity contribution in [3.8, 4) is 0 Å². The largest absolute Gasteiger partial charge is 0.385 e. The second-order valence-corrected chi connectivity index (χ2v) is 3.66. The molecule has 1 fully saturated rings. The van der Waals surface area contributed by atoms with Crippen LogP contribution in [0.4, 0.5) is 0 Å². The molecule has 0 atom stereocenters. The first-order valence-electron chi connectivity index (χ1n) is 5.41. The summed E-state index contributed by atoms with van der Waals surface area (Å²) in [4.78, 5) is 0. The van der Waals surface area contributed by atoms with E-state index in [2.05, 4.69) is 10.4 Å². The normalized spacial score (nSPS) is 19.2. The quantitative estimate of drug-likeness (QED) is 0.635. The first-order chi connectivity index (χ1) is 6.43. The Morgan fingerprint density at radius 3 is 2.62 bits per heavy atom. The Morgan fingerprint density at radius 2 is 1.92 bits per heavy atom. The molecular weight excluding hydrogens is 164 g/mol. The standard InChI is InChI=1S/C10H22N2O/c1-13-10-6-3-7-11-12-8-4-2-5-9-12/h11H,2-10H2,1H3. The van der Waals surface area contributed by atoms with Crippen molar-refractivity contribution in [1.29, 1.82) is 0 Å². The highest BCUT2D eigenvalue weighted by molar-refractivity contribution is 4.60. The summed E-state index contributed by atoms with van der Waals surface area (Å²) >= 11 is 0. The zero-order chi connectivity index (χ0) is 9.36. The predicted molar refractivity (Wildman–Crippen MR) is 54.5 cm³/mol. The number of piperidine rings is 1. The maximum Gasteiger partial charge on any atom is 0.0462 e. The molecule has 0 saturated carbocycles. The predicted octanol–water partition coefficient (Wildman–Crippen LogP) is 1.40. The molecule has 0 bridgehead atoms. The summed E-state index contributed by atoms with van der Waals surface area (Å²) in [5.74, 6) is 0. The summed E-state index contributed by atoms with van der Waals surface area (Å²) in [5.41, 5.74) is 3.46. The van der Waals surface area contributed by atoms with E-state index in [1.165, 1.54) is 38.8 Å². The summed E-state index contributed by atoms with van der Waals surface area (Å²) in [6, 6.07) is 0. The van der Waals surface area contributed by atoms with Gasteiger partial charge in [0.2, 0.25) is 0 Å². The summed E-state index contributed by atoms with van der Waals surface area (Å²) < 4.78 is 4.99. The van der Waals surface area contributed by atoms with Gasteiger partial charge in [-0.1, -0.05) is 6.42 Å². The van der Waals surface area contributed by atoms with Gasteiger partial charge in [-0.2, -0.15) is 0 Å². The maximum atomic E-state index is 4.99. The second kappa shape index (κ2) is 7.30. The molecular formula is C10H22N2O. The summed E-state index contributed by atoms with van der Waals surface area (Å²) in [6.07, 6.45) is 6.49. The van der Waals surface area contributed by atoms with E-state index in [0.717, 1.165) is 19.6 Å². The lowest BCUT2D eigenvalue weighted by Gasteiger charge is -2.27. The Balaban J connectivity index is 1.86. The maximum absolute atomic E-state index is 4.99. The number of ether oxygens (including phenoxy) is 1. The number of hydrazine groups is 1. The van der Waals surface area contributed by atoms with Crippen LogP contribution in [-0.2, 0) is 4.74 Å². The minimum atomic E-state index is 0.891. The molecule has 13 heavy (non-hydrogen) atoms. The van der Waals surface area contributed by atoms with Gasteiger partial charge in [-0.25, -0.2) is 5.01 Å². The molecule has 0 unspecified atom stereocenters. The van der Waals surface area contributed by atoms with Crippen LogP contribution < -0.4 is 5.43 Å². The fourth-order valence-corrected chi connectivity index (χ4v) is 1.66. The first-order valence-corrected chi connectivity index (χ1v) is 5.41. The van der Waals surface area contributed by atoms with Crippen molar-refractivity contribution in [3.63, 3.8) is 0 Å². The molecule has 1 aliphatic heterocycles. The van der Waals surface area contributed by atoms with E-state index >= 15 is 0 Å². The third-order valence-electron chi connectivity index (χ3n) is 2.47. The van der Waals surface area contributed by atoms with Crippen LogP contribution in [0.1, 0.15) is 32.1 Å². The van der Waals surface area contributed by atoms with Crippen LogP contribution >= 0.6 is 0 Å². The van der Waals surface area contributed by atoms with Gasteiger partial charge < -0.3 is 4.74 Å². The van der Waals surface area contributed by atoms with Crippen LogP contribution in [-0.4, -0.2) is 38.4 Å². The van der Waals surface area contributed by atoms with Crippen molar-refractivity contribution in [3.05, 3.63) is 0 Å². The molecule has 3 heteroatoms. The zero-order valence-electron chi connectivity index (χ0n) is 8.72. The van der Waals surface area contributed by atoms with Crippen LogP contribution in [0, 0.1) is 0 Å². The van der Waals surface area contributed by atoms with Crippen molar-refractivity contribution >= 4 is 0 Å². The fraction of sp³-hybridized carbons (Fsp3) is 1.00. The van der Waals surface area contributed by atoms with Gasteiger partial charge in [-0.15, -0.1) is 0 Å². The lowest BCUT2D eigenvalue weighted by Crippen LogP contribution is -2.42. The Labute approximate surface area is 81.4 Å². The Bertz CT molecular complexity index is 113. The number of unbranched alkanes of at least 4 members (excludes halogenated alkanes) is 1. The molecule has 78 valence electrons. The van der Waals surface area contributed by atoms with Crippen molar-refractivity contribution < 1.29 is 4.74 Å². The van der Waals surface area contributed by atoms with Crippen LogP contribution in [0.15, 0.2) is 0 Å². The van der Waals surface area contributed by atoms with E-state index in [1.54, 1.807) is 7.11 Å². The molecule has 3 nitrogen and oxygen atoms in total. The van der Waals surface area contributed by atoms with Crippen molar-refractivity contribution in [2.75, 3.05) is 33.4 Å². The average molecular weight is 186 g/mol. The molecule has 0 spiro atoms. The van der Waals surface area contributed by atoms with E-state index in [0.29, 0.717) is 0 Å². The first kappa shape index (κ1) is 11.0. The number of methoxy groups -OCH3 is 1. The van der Waals surface area contributed by atoms with E-state index in [9.17, 15) is 0 Å². The van der Waals surface area contributed by atoms with Gasteiger partial charge in [0, 0.05) is 33.4 Å². The topological polar surface area (TPSA) is 24.5 Å². The SMILES string of the molecule is COCCCCNN1CCCCC1. The number of nitrogens with one attached hydrogen (secondary N) is 1. The molecule has 1 N–H and O–H groups in total. The Kier molecular flexibility index (Phi) is 6.15. The van der Waals surface area contributed by atoms with E-state index in [-0.39, 0.29) is 0 Å². The number of hydrogen-bond donors (Lipinski definition) is 1. The molecule has 0 aromatic carbocycles. The molecule has 1 rings (SSSR count). The van der Waals surface area contributed by atoms with Gasteiger partial charge in [-0.05, 0) is 25.7 Å². The molecule has 1 aliphatic rings. The second-order valence-electron chi connectivity index (χ2n) is 3.66. The molecule has 1 heterocycles. The third-order valence-corrected chi connectivity index (χ3v) is 2.47. The number of nitrogens with zero attached hydrogens (tertiary/aromatic N) is 1. The number of rotatable bonds is 6. The Hall–Kier alpha value is -0.120. The lowest BCUT2D eigenvalue weighted by molar-refractivity contribution is 0.147. The van der Waals surface area contributed by atoms with Gasteiger partial charge >= 0.3 is 0 Å². The van der Waals surface area contributed by atoms with Gasteiger partial charge in [-0.3, -0.25) is 5.43 Å². The summed E-state index contributed by atoms with van der Waals surface area (Å²) in [5, 5.41) is 2.36. The van der Waals surface area contributed by atoms with Gasteiger partial charge in [0.1, 0.15) is 0 Å². The summed E-state index contributed by atoms with van der Waals surface area (Å²) in [7, 11) is 1.76. The fourth-order valence-electron chi connectivity index (χ4n) is 1.66. The molecule has 0 amide bonds. The van der Waals surface area contributed by atoms with Crippen molar-refractivity contribution in [2.45, 2.75) is 32.1 Å². The molecule has 1 saturated heterocycles. The van der Waals surface area contributed by atoms with Crippen LogP contribution in [0.25, 0.3) is 0 Å². The number of hydrogen-bond acceptors (Lipinski definition) is 3. The molecule has 0 aliphatic carbocycles. The minimum absolute atomic E-state index is 0.891.